The molecule has 0 aliphatic carbocycles. The molecule has 0 spiro atoms. The van der Waals surface area contributed by atoms with Gasteiger partial charge in [0.2, 0.25) is 0 Å². The van der Waals surface area contributed by atoms with Gasteiger partial charge in [0, 0.05) is 25.4 Å². The van der Waals surface area contributed by atoms with Crippen molar-refractivity contribution >= 4 is 70.1 Å². The molecule has 13 N–H and O–H groups in total. The number of hydrogen-bond donors (Lipinski definition) is 7. The number of aromatic nitrogens is 6. The van der Waals surface area contributed by atoms with Crippen molar-refractivity contribution in [2.45, 2.75) is 51.4 Å². The number of carbonyl (C=O) groups is 2. The largest absolute Gasteiger partial charge is 0.387 e. The van der Waals surface area contributed by atoms with Crippen molar-refractivity contribution in [1.29, 1.82) is 0 Å². The number of unbranched alkanes of at least 4 members (excludes halogenated alkanes) is 3. The van der Waals surface area contributed by atoms with E-state index in [0.29, 0.717) is 25.8 Å². The maximum Gasteiger partial charge on any atom is 0.301 e. The lowest BCUT2D eigenvalue weighted by molar-refractivity contribution is 0.0970. The molecule has 0 unspecified atom stereocenters. The van der Waals surface area contributed by atoms with Crippen LogP contribution in [0.5, 0.6) is 0 Å². The maximum absolute atomic E-state index is 12.3. The Hall–Kier alpha value is -4.90. The van der Waals surface area contributed by atoms with E-state index >= 15 is 0 Å². The third-order valence-electron chi connectivity index (χ3n) is 5.96. The summed E-state index contributed by atoms with van der Waals surface area (Å²) in [6.07, 6.45) is 9.34. The Labute approximate surface area is 262 Å². The van der Waals surface area contributed by atoms with Crippen LogP contribution in [0, 0.1) is 0 Å². The number of aryl methyl sites for hydroxylation is 2. The number of nitrogens with zero attached hydrogens (tertiary/aromatic N) is 8. The minimum absolute atomic E-state index is 0.0727. The Balaban J connectivity index is 1.31. The second kappa shape index (κ2) is 16.1. The number of amides is 2. The molecule has 0 bridgehead atoms. The summed E-state index contributed by atoms with van der Waals surface area (Å²) in [5.74, 6) is -1.83. The fraction of sp³-hybridized carbons (Fsp3) is 0.360. The quantitative estimate of drug-likeness (QED) is 0.0776. The normalized spacial score (nSPS) is 11.9. The van der Waals surface area contributed by atoms with E-state index in [1.807, 2.05) is 0 Å². The number of hydrogen-bond acceptors (Lipinski definition) is 13. The fourth-order valence-corrected chi connectivity index (χ4v) is 3.96. The molecule has 0 fully saturated rings. The van der Waals surface area contributed by atoms with Crippen molar-refractivity contribution in [2.24, 2.45) is 21.5 Å². The zero-order valence-electron chi connectivity index (χ0n) is 23.6. The lowest BCUT2D eigenvalue weighted by Gasteiger charge is -2.07. The minimum Gasteiger partial charge on any atom is -0.387 e. The summed E-state index contributed by atoms with van der Waals surface area (Å²) in [6, 6.07) is 0. The summed E-state index contributed by atoms with van der Waals surface area (Å²) >= 11 is 11.6. The first-order valence-electron chi connectivity index (χ1n) is 13.4. The molecule has 19 heteroatoms. The van der Waals surface area contributed by atoms with Crippen LogP contribution >= 0.6 is 23.2 Å². The number of nitrogens with two attached hydrogens (primary N) is 6. The van der Waals surface area contributed by atoms with Gasteiger partial charge in [-0.2, -0.15) is 4.99 Å². The number of halogens is 2. The van der Waals surface area contributed by atoms with Gasteiger partial charge < -0.3 is 34.4 Å². The smallest absolute Gasteiger partial charge is 0.301 e. The van der Waals surface area contributed by atoms with Crippen LogP contribution in [-0.4, -0.2) is 60.1 Å². The van der Waals surface area contributed by atoms with Crippen LogP contribution in [-0.2, 0) is 12.8 Å². The van der Waals surface area contributed by atoms with E-state index in [9.17, 15) is 9.59 Å². The summed E-state index contributed by atoms with van der Waals surface area (Å²) in [5.41, 5.74) is 35.3. The van der Waals surface area contributed by atoms with Gasteiger partial charge in [-0.1, -0.05) is 29.6 Å². The van der Waals surface area contributed by atoms with Crippen LogP contribution in [0.1, 0.15) is 70.9 Å². The summed E-state index contributed by atoms with van der Waals surface area (Å²) in [7, 11) is 0. The SMILES string of the molecule is NC(CCCCCc1cnc(CCCCN=C(N)NC(=O)c2nc(Cl)c(N)nc2N)cn1)=NC(=O)c1nc(Cl)c(N)nc1N. The standard InChI is InChI=1S/C25H33Cl2N15O2/c26-17-21(31)40-19(29)15(38-17)23(43)37-14(28)8-3-1-2-6-12-10-36-13(11-35-12)7-4-5-9-34-25(33)42-24(44)16-20(30)41-22(32)18(27)39-16/h10-11H,1-9H2,(H2,28,37,43)(H4,29,31,40)(H4,30,32,41)(H3,33,34,42,44). The number of rotatable bonds is 13. The number of nitrogen functional groups attached to an aromatic ring is 4. The maximum atomic E-state index is 12.3. The van der Waals surface area contributed by atoms with E-state index in [1.165, 1.54) is 0 Å². The highest BCUT2D eigenvalue weighted by Crippen LogP contribution is 2.19. The third kappa shape index (κ3) is 10.1. The van der Waals surface area contributed by atoms with Gasteiger partial charge >= 0.3 is 5.91 Å². The topological polar surface area (TPSA) is 304 Å². The molecule has 3 rings (SSSR count). The van der Waals surface area contributed by atoms with Crippen LogP contribution in [0.2, 0.25) is 10.3 Å². The zero-order valence-corrected chi connectivity index (χ0v) is 25.1. The summed E-state index contributed by atoms with van der Waals surface area (Å²) < 4.78 is 0. The van der Waals surface area contributed by atoms with Gasteiger partial charge in [-0.3, -0.25) is 29.9 Å². The minimum atomic E-state index is -0.728. The van der Waals surface area contributed by atoms with Crippen LogP contribution in [0.25, 0.3) is 0 Å². The highest BCUT2D eigenvalue weighted by molar-refractivity contribution is 6.32. The number of guanidine groups is 1. The first kappa shape index (κ1) is 33.6. The molecule has 2 amide bonds. The Morgan fingerprint density at radius 3 is 1.86 bits per heavy atom. The van der Waals surface area contributed by atoms with Crippen LogP contribution in [0.4, 0.5) is 23.3 Å². The van der Waals surface area contributed by atoms with E-state index in [1.54, 1.807) is 12.4 Å². The summed E-state index contributed by atoms with van der Waals surface area (Å²) in [4.78, 5) is 56.6. The zero-order chi connectivity index (χ0) is 32.2. The van der Waals surface area contributed by atoms with Crippen molar-refractivity contribution in [2.75, 3.05) is 29.5 Å². The van der Waals surface area contributed by atoms with Crippen molar-refractivity contribution in [1.82, 2.24) is 35.2 Å². The highest BCUT2D eigenvalue weighted by Gasteiger charge is 2.17. The molecular weight excluding hydrogens is 613 g/mol. The number of aliphatic imine (C=N–C) groups is 2. The molecular formula is C25H33Cl2N15O2. The predicted molar refractivity (Wildman–Crippen MR) is 169 cm³/mol. The molecule has 234 valence electrons. The average molecular weight is 647 g/mol. The Morgan fingerprint density at radius 2 is 1.27 bits per heavy atom. The summed E-state index contributed by atoms with van der Waals surface area (Å²) in [6.45, 7) is 0.391. The van der Waals surface area contributed by atoms with E-state index < -0.39 is 11.8 Å². The van der Waals surface area contributed by atoms with Crippen LogP contribution in [0.15, 0.2) is 22.4 Å². The number of anilines is 4. The summed E-state index contributed by atoms with van der Waals surface area (Å²) in [5, 5.41) is 2.12. The van der Waals surface area contributed by atoms with Gasteiger partial charge in [0.15, 0.2) is 50.9 Å². The van der Waals surface area contributed by atoms with Crippen LogP contribution in [0.3, 0.4) is 0 Å². The predicted octanol–water partition coefficient (Wildman–Crippen LogP) is 1.06. The molecule has 3 aromatic heterocycles. The van der Waals surface area contributed by atoms with E-state index in [2.05, 4.69) is 45.2 Å². The van der Waals surface area contributed by atoms with Crippen molar-refractivity contribution in [3.05, 3.63) is 45.5 Å². The first-order valence-corrected chi connectivity index (χ1v) is 14.2. The molecule has 0 radical (unpaired) electrons. The molecule has 0 aromatic carbocycles. The van der Waals surface area contributed by atoms with Gasteiger partial charge in [0.05, 0.1) is 11.4 Å². The second-order valence-electron chi connectivity index (χ2n) is 9.41. The van der Waals surface area contributed by atoms with Crippen molar-refractivity contribution in [3.63, 3.8) is 0 Å². The van der Waals surface area contributed by atoms with Crippen LogP contribution < -0.4 is 39.7 Å². The van der Waals surface area contributed by atoms with E-state index in [0.717, 1.165) is 43.5 Å². The fourth-order valence-electron chi connectivity index (χ4n) is 3.71. The Kier molecular flexibility index (Phi) is 12.3. The molecule has 17 nitrogen and oxygen atoms in total. The van der Waals surface area contributed by atoms with Crippen molar-refractivity contribution < 1.29 is 9.59 Å². The molecule has 0 aliphatic rings. The lowest BCUT2D eigenvalue weighted by atomic mass is 10.1. The molecule has 0 atom stereocenters. The number of nitrogens with one attached hydrogen (secondary N) is 1. The van der Waals surface area contributed by atoms with Gasteiger partial charge in [0.25, 0.3) is 5.91 Å². The average Bonchev–Trinajstić information content (AvgIpc) is 2.97. The molecule has 3 aromatic rings. The second-order valence-corrected chi connectivity index (χ2v) is 10.1. The molecule has 0 aliphatic heterocycles. The van der Waals surface area contributed by atoms with Gasteiger partial charge in [-0.05, 0) is 38.5 Å². The number of amidine groups is 1. The molecule has 3 heterocycles. The van der Waals surface area contributed by atoms with Gasteiger partial charge in [0.1, 0.15) is 5.84 Å². The Bertz CT molecular complexity index is 1550. The first-order chi connectivity index (χ1) is 20.9. The van der Waals surface area contributed by atoms with Gasteiger partial charge in [-0.25, -0.2) is 19.9 Å². The van der Waals surface area contributed by atoms with E-state index in [4.69, 9.17) is 57.6 Å². The van der Waals surface area contributed by atoms with Gasteiger partial charge in [-0.15, -0.1) is 0 Å². The van der Waals surface area contributed by atoms with E-state index in [-0.39, 0.29) is 56.8 Å². The molecule has 0 saturated carbocycles. The van der Waals surface area contributed by atoms with Crippen molar-refractivity contribution in [3.8, 4) is 0 Å². The molecule has 0 saturated heterocycles. The number of carbonyl (C=O) groups excluding carboxylic acids is 2. The highest BCUT2D eigenvalue weighted by atomic mass is 35.5. The lowest BCUT2D eigenvalue weighted by Crippen LogP contribution is -2.38. The third-order valence-corrected chi connectivity index (χ3v) is 6.52. The Morgan fingerprint density at radius 1 is 0.727 bits per heavy atom. The monoisotopic (exact) mass is 645 g/mol. The molecule has 44 heavy (non-hydrogen) atoms.